The number of aromatic carboxylic acids is 2. The Bertz CT molecular complexity index is 644. The molecule has 0 spiro atoms. The summed E-state index contributed by atoms with van der Waals surface area (Å²) in [5.41, 5.74) is -0.222. The van der Waals surface area contributed by atoms with Gasteiger partial charge in [-0.25, -0.2) is 14.3 Å². The second-order valence-corrected chi connectivity index (χ2v) is 3.57. The van der Waals surface area contributed by atoms with Gasteiger partial charge in [-0.1, -0.05) is 5.21 Å². The number of aldehydes is 1. The van der Waals surface area contributed by atoms with Gasteiger partial charge in [0.1, 0.15) is 5.69 Å². The third-order valence-electron chi connectivity index (χ3n) is 2.35. The van der Waals surface area contributed by atoms with E-state index < -0.39 is 11.9 Å². The second-order valence-electron chi connectivity index (χ2n) is 3.57. The Morgan fingerprint density at radius 2 is 1.68 bits per heavy atom. The lowest BCUT2D eigenvalue weighted by atomic mass is 10.1. The molecule has 2 aromatic rings. The van der Waals surface area contributed by atoms with E-state index in [9.17, 15) is 14.4 Å². The second kappa shape index (κ2) is 4.69. The van der Waals surface area contributed by atoms with Crippen LogP contribution in [0.2, 0.25) is 0 Å². The van der Waals surface area contributed by atoms with E-state index >= 15 is 0 Å². The minimum Gasteiger partial charge on any atom is -0.478 e. The van der Waals surface area contributed by atoms with E-state index in [1.807, 2.05) is 0 Å². The van der Waals surface area contributed by atoms with Gasteiger partial charge in [-0.3, -0.25) is 4.79 Å². The van der Waals surface area contributed by atoms with Gasteiger partial charge in [0.05, 0.1) is 23.0 Å². The Morgan fingerprint density at radius 1 is 1.11 bits per heavy atom. The van der Waals surface area contributed by atoms with Crippen molar-refractivity contribution in [1.29, 1.82) is 0 Å². The SMILES string of the molecule is O=Cc1cnnn1-c1cc(C(=O)O)cc(C(=O)O)c1. The molecule has 1 heterocycles. The van der Waals surface area contributed by atoms with E-state index in [0.717, 1.165) is 10.7 Å². The zero-order valence-electron chi connectivity index (χ0n) is 9.35. The molecule has 0 unspecified atom stereocenters. The molecule has 1 aromatic heterocycles. The number of rotatable bonds is 4. The maximum absolute atomic E-state index is 10.9. The summed E-state index contributed by atoms with van der Waals surface area (Å²) >= 11 is 0. The molecule has 0 aliphatic heterocycles. The highest BCUT2D eigenvalue weighted by Crippen LogP contribution is 2.15. The van der Waals surface area contributed by atoms with Crippen molar-refractivity contribution in [1.82, 2.24) is 15.0 Å². The summed E-state index contributed by atoms with van der Waals surface area (Å²) in [6, 6.07) is 3.43. The quantitative estimate of drug-likeness (QED) is 0.767. The number of carbonyl (C=O) groups excluding carboxylic acids is 1. The van der Waals surface area contributed by atoms with Crippen molar-refractivity contribution in [3.63, 3.8) is 0 Å². The van der Waals surface area contributed by atoms with E-state index in [2.05, 4.69) is 10.3 Å². The predicted molar refractivity (Wildman–Crippen MR) is 60.7 cm³/mol. The van der Waals surface area contributed by atoms with Crippen molar-refractivity contribution in [3.8, 4) is 5.69 Å². The molecular weight excluding hydrogens is 254 g/mol. The van der Waals surface area contributed by atoms with Crippen LogP contribution in [0.15, 0.2) is 24.4 Å². The van der Waals surface area contributed by atoms with E-state index in [0.29, 0.717) is 6.29 Å². The molecule has 0 saturated carbocycles. The number of benzene rings is 1. The first-order valence-corrected chi connectivity index (χ1v) is 5.01. The normalized spacial score (nSPS) is 10.1. The third kappa shape index (κ3) is 2.32. The average Bonchev–Trinajstić information content (AvgIpc) is 2.86. The summed E-state index contributed by atoms with van der Waals surface area (Å²) in [6.07, 6.45) is 1.66. The molecule has 0 aliphatic rings. The van der Waals surface area contributed by atoms with Crippen molar-refractivity contribution in [2.24, 2.45) is 0 Å². The van der Waals surface area contributed by atoms with E-state index in [4.69, 9.17) is 10.2 Å². The Morgan fingerprint density at radius 3 is 2.16 bits per heavy atom. The maximum atomic E-state index is 10.9. The molecule has 2 N–H and O–H groups in total. The zero-order valence-corrected chi connectivity index (χ0v) is 9.35. The number of hydrogen-bond donors (Lipinski definition) is 2. The minimum absolute atomic E-state index is 0.0823. The first-order chi connectivity index (χ1) is 9.02. The van der Waals surface area contributed by atoms with Crippen LogP contribution in [0.5, 0.6) is 0 Å². The van der Waals surface area contributed by atoms with Crippen LogP contribution in [-0.4, -0.2) is 43.4 Å². The lowest BCUT2D eigenvalue weighted by molar-refractivity contribution is 0.0696. The third-order valence-corrected chi connectivity index (χ3v) is 2.35. The van der Waals surface area contributed by atoms with Gasteiger partial charge in [0.15, 0.2) is 6.29 Å². The van der Waals surface area contributed by atoms with Crippen LogP contribution in [0, 0.1) is 0 Å². The molecule has 8 heteroatoms. The number of carbonyl (C=O) groups is 3. The highest BCUT2D eigenvalue weighted by atomic mass is 16.4. The average molecular weight is 261 g/mol. The molecule has 0 aliphatic carbocycles. The van der Waals surface area contributed by atoms with Crippen LogP contribution < -0.4 is 0 Å². The molecule has 0 radical (unpaired) electrons. The van der Waals surface area contributed by atoms with Gasteiger partial charge in [0.2, 0.25) is 0 Å². The van der Waals surface area contributed by atoms with Crippen LogP contribution in [-0.2, 0) is 0 Å². The Balaban J connectivity index is 2.66. The molecule has 0 saturated heterocycles. The number of nitrogens with zero attached hydrogens (tertiary/aromatic N) is 3. The minimum atomic E-state index is -1.28. The summed E-state index contributed by atoms with van der Waals surface area (Å²) < 4.78 is 1.06. The van der Waals surface area contributed by atoms with Crippen molar-refractivity contribution in [2.45, 2.75) is 0 Å². The summed E-state index contributed by atoms with van der Waals surface area (Å²) in [5.74, 6) is -2.56. The van der Waals surface area contributed by atoms with Crippen LogP contribution >= 0.6 is 0 Å². The molecule has 2 rings (SSSR count). The molecule has 0 bridgehead atoms. The molecular formula is C11H7N3O5. The molecule has 8 nitrogen and oxygen atoms in total. The lowest BCUT2D eigenvalue weighted by Gasteiger charge is -2.05. The number of carboxylic acids is 2. The van der Waals surface area contributed by atoms with Crippen LogP contribution in [0.25, 0.3) is 5.69 Å². The molecule has 19 heavy (non-hydrogen) atoms. The van der Waals surface area contributed by atoms with Gasteiger partial charge in [-0.15, -0.1) is 5.10 Å². The van der Waals surface area contributed by atoms with Gasteiger partial charge < -0.3 is 10.2 Å². The first kappa shape index (κ1) is 12.4. The first-order valence-electron chi connectivity index (χ1n) is 5.01. The maximum Gasteiger partial charge on any atom is 0.335 e. The number of hydrogen-bond acceptors (Lipinski definition) is 5. The van der Waals surface area contributed by atoms with E-state index in [1.165, 1.54) is 18.3 Å². The summed E-state index contributed by atoms with van der Waals surface area (Å²) in [7, 11) is 0. The fourth-order valence-corrected chi connectivity index (χ4v) is 1.50. The number of carboxylic acid groups (broad SMARTS) is 2. The zero-order chi connectivity index (χ0) is 14.0. The van der Waals surface area contributed by atoms with Gasteiger partial charge in [0.25, 0.3) is 0 Å². The van der Waals surface area contributed by atoms with Gasteiger partial charge in [0, 0.05) is 0 Å². The van der Waals surface area contributed by atoms with Crippen LogP contribution in [0.3, 0.4) is 0 Å². The topological polar surface area (TPSA) is 122 Å². The summed E-state index contributed by atoms with van der Waals surface area (Å²) in [5, 5.41) is 25.0. The highest BCUT2D eigenvalue weighted by Gasteiger charge is 2.14. The van der Waals surface area contributed by atoms with Gasteiger partial charge in [-0.2, -0.15) is 0 Å². The van der Waals surface area contributed by atoms with Crippen molar-refractivity contribution in [3.05, 3.63) is 41.2 Å². The largest absolute Gasteiger partial charge is 0.478 e. The molecule has 0 atom stereocenters. The van der Waals surface area contributed by atoms with Crippen molar-refractivity contribution in [2.75, 3.05) is 0 Å². The Kier molecular flexibility index (Phi) is 3.06. The van der Waals surface area contributed by atoms with E-state index in [-0.39, 0.29) is 22.5 Å². The standard InChI is InChI=1S/C11H7N3O5/c15-5-9-4-12-13-14(9)8-2-6(10(16)17)1-7(3-8)11(18)19/h1-5H,(H,16,17)(H,18,19). The highest BCUT2D eigenvalue weighted by molar-refractivity contribution is 5.94. The van der Waals surface area contributed by atoms with Crippen molar-refractivity contribution < 1.29 is 24.6 Å². The monoisotopic (exact) mass is 261 g/mol. The smallest absolute Gasteiger partial charge is 0.335 e. The Hall–Kier alpha value is -3.03. The fourth-order valence-electron chi connectivity index (χ4n) is 1.50. The van der Waals surface area contributed by atoms with E-state index in [1.54, 1.807) is 0 Å². The molecule has 0 amide bonds. The van der Waals surface area contributed by atoms with Gasteiger partial charge >= 0.3 is 11.9 Å². The Labute approximate surface area is 105 Å². The van der Waals surface area contributed by atoms with Gasteiger partial charge in [-0.05, 0) is 18.2 Å². The predicted octanol–water partition coefficient (Wildman–Crippen LogP) is 0.476. The molecule has 1 aromatic carbocycles. The molecule has 96 valence electrons. The summed E-state index contributed by atoms with van der Waals surface area (Å²) in [6.45, 7) is 0. The van der Waals surface area contributed by atoms with Crippen LogP contribution in [0.1, 0.15) is 31.2 Å². The molecule has 0 fully saturated rings. The lowest BCUT2D eigenvalue weighted by Crippen LogP contribution is -2.08. The number of aromatic nitrogens is 3. The summed E-state index contributed by atoms with van der Waals surface area (Å²) in [4.78, 5) is 32.7. The fraction of sp³-hybridized carbons (Fsp3) is 0. The van der Waals surface area contributed by atoms with Crippen molar-refractivity contribution >= 4 is 18.2 Å². The van der Waals surface area contributed by atoms with Crippen LogP contribution in [0.4, 0.5) is 0 Å².